The summed E-state index contributed by atoms with van der Waals surface area (Å²) in [5, 5.41) is 6.20. The maximum atomic E-state index is 12.2. The maximum absolute atomic E-state index is 12.2. The third-order valence-electron chi connectivity index (χ3n) is 4.73. The lowest BCUT2D eigenvalue weighted by Gasteiger charge is -2.27. The third-order valence-corrected chi connectivity index (χ3v) is 5.75. The molecule has 2 aliphatic carbocycles. The van der Waals surface area contributed by atoms with Crippen molar-refractivity contribution < 1.29 is 9.59 Å². The summed E-state index contributed by atoms with van der Waals surface area (Å²) in [6.45, 7) is 0. The van der Waals surface area contributed by atoms with Gasteiger partial charge in [0.15, 0.2) is 0 Å². The summed E-state index contributed by atoms with van der Waals surface area (Å²) in [6, 6.07) is 10.5. The molecule has 0 aliphatic heterocycles. The smallest absolute Gasteiger partial charge is 0.230 e. The van der Waals surface area contributed by atoms with Gasteiger partial charge >= 0.3 is 0 Å². The van der Waals surface area contributed by atoms with Gasteiger partial charge in [0.2, 0.25) is 11.8 Å². The number of rotatable bonds is 6. The summed E-state index contributed by atoms with van der Waals surface area (Å²) in [7, 11) is 0. The highest BCUT2D eigenvalue weighted by atomic mass is 32.2. The van der Waals surface area contributed by atoms with Crippen LogP contribution in [-0.4, -0.2) is 29.7 Å². The molecule has 124 valence electrons. The van der Waals surface area contributed by atoms with Crippen molar-refractivity contribution in [1.82, 2.24) is 10.6 Å². The zero-order chi connectivity index (χ0) is 16.1. The average molecular weight is 332 g/mol. The molecule has 2 atom stereocenters. The van der Waals surface area contributed by atoms with Crippen molar-refractivity contribution >= 4 is 23.6 Å². The van der Waals surface area contributed by atoms with Crippen LogP contribution in [0.1, 0.15) is 38.5 Å². The molecule has 2 fully saturated rings. The van der Waals surface area contributed by atoms with Gasteiger partial charge in [-0.25, -0.2) is 0 Å². The topological polar surface area (TPSA) is 58.2 Å². The minimum atomic E-state index is 0.0592. The van der Waals surface area contributed by atoms with Gasteiger partial charge in [0, 0.05) is 22.9 Å². The molecular formula is C18H24N2O2S. The standard InChI is InChI=1S/C18H24N2O2S/c21-17(12-23-16-7-2-1-3-8-16)19-15-10-9-13(11-15)18(22)20-14-5-4-6-14/h1-3,7-8,13-15H,4-6,9-12H2,(H,19,21)(H,20,22)/t13-,15+/m0/s1. The molecule has 0 bridgehead atoms. The first-order valence-electron chi connectivity index (χ1n) is 8.48. The predicted molar refractivity (Wildman–Crippen MR) is 92.2 cm³/mol. The highest BCUT2D eigenvalue weighted by Gasteiger charge is 2.32. The van der Waals surface area contributed by atoms with Gasteiger partial charge in [0.1, 0.15) is 0 Å². The molecule has 2 amide bonds. The largest absolute Gasteiger partial charge is 0.353 e. The van der Waals surface area contributed by atoms with Crippen molar-refractivity contribution in [2.45, 2.75) is 55.5 Å². The second kappa shape index (κ2) is 7.86. The molecule has 5 heteroatoms. The van der Waals surface area contributed by atoms with Crippen LogP contribution >= 0.6 is 11.8 Å². The zero-order valence-corrected chi connectivity index (χ0v) is 14.1. The minimum absolute atomic E-state index is 0.0592. The molecule has 1 aromatic rings. The molecule has 0 saturated heterocycles. The molecule has 2 N–H and O–H groups in total. The van der Waals surface area contributed by atoms with Gasteiger partial charge in [0.05, 0.1) is 5.75 Å². The van der Waals surface area contributed by atoms with E-state index in [9.17, 15) is 9.59 Å². The van der Waals surface area contributed by atoms with Crippen molar-refractivity contribution in [3.8, 4) is 0 Å². The first kappa shape index (κ1) is 16.4. The summed E-state index contributed by atoms with van der Waals surface area (Å²) in [5.74, 6) is 0.746. The van der Waals surface area contributed by atoms with Crippen molar-refractivity contribution in [2.75, 3.05) is 5.75 Å². The van der Waals surface area contributed by atoms with Crippen molar-refractivity contribution in [2.24, 2.45) is 5.92 Å². The van der Waals surface area contributed by atoms with E-state index in [1.165, 1.54) is 6.42 Å². The highest BCUT2D eigenvalue weighted by Crippen LogP contribution is 2.27. The zero-order valence-electron chi connectivity index (χ0n) is 13.3. The quantitative estimate of drug-likeness (QED) is 0.788. The van der Waals surface area contributed by atoms with Crippen LogP contribution in [0.3, 0.4) is 0 Å². The molecule has 1 aromatic carbocycles. The Bertz CT molecular complexity index is 545. The number of carbonyl (C=O) groups is 2. The van der Waals surface area contributed by atoms with E-state index in [4.69, 9.17) is 0 Å². The van der Waals surface area contributed by atoms with E-state index in [1.54, 1.807) is 11.8 Å². The second-order valence-corrected chi connectivity index (χ2v) is 7.56. The van der Waals surface area contributed by atoms with Gasteiger partial charge in [-0.3, -0.25) is 9.59 Å². The number of thioether (sulfide) groups is 1. The third kappa shape index (κ3) is 4.74. The van der Waals surface area contributed by atoms with Gasteiger partial charge in [-0.1, -0.05) is 18.2 Å². The lowest BCUT2D eigenvalue weighted by molar-refractivity contribution is -0.126. The van der Waals surface area contributed by atoms with Crippen LogP contribution in [0.25, 0.3) is 0 Å². The lowest BCUT2D eigenvalue weighted by Crippen LogP contribution is -2.42. The fourth-order valence-corrected chi connectivity index (χ4v) is 3.89. The van der Waals surface area contributed by atoms with E-state index in [-0.39, 0.29) is 23.8 Å². The van der Waals surface area contributed by atoms with Crippen LogP contribution in [0.5, 0.6) is 0 Å². The fourth-order valence-electron chi connectivity index (χ4n) is 3.16. The van der Waals surface area contributed by atoms with Crippen LogP contribution in [-0.2, 0) is 9.59 Å². The molecule has 0 unspecified atom stereocenters. The number of carbonyl (C=O) groups excluding carboxylic acids is 2. The number of hydrogen-bond acceptors (Lipinski definition) is 3. The van der Waals surface area contributed by atoms with Gasteiger partial charge in [-0.2, -0.15) is 0 Å². The summed E-state index contributed by atoms with van der Waals surface area (Å²) < 4.78 is 0. The molecule has 2 saturated carbocycles. The molecule has 23 heavy (non-hydrogen) atoms. The Kier molecular flexibility index (Phi) is 5.60. The normalized spacial score (nSPS) is 24.0. The number of nitrogens with one attached hydrogen (secondary N) is 2. The van der Waals surface area contributed by atoms with Crippen LogP contribution in [0.4, 0.5) is 0 Å². The Morgan fingerprint density at radius 2 is 1.78 bits per heavy atom. The first-order valence-corrected chi connectivity index (χ1v) is 9.47. The fraction of sp³-hybridized carbons (Fsp3) is 0.556. The molecule has 2 aliphatic rings. The molecule has 0 radical (unpaired) electrons. The lowest BCUT2D eigenvalue weighted by atomic mass is 9.92. The Hall–Kier alpha value is -1.49. The van der Waals surface area contributed by atoms with E-state index in [1.807, 2.05) is 30.3 Å². The van der Waals surface area contributed by atoms with E-state index in [0.717, 1.165) is 37.0 Å². The molecule has 0 spiro atoms. The molecule has 4 nitrogen and oxygen atoms in total. The van der Waals surface area contributed by atoms with Crippen LogP contribution in [0.15, 0.2) is 35.2 Å². The Balaban J connectivity index is 1.37. The van der Waals surface area contributed by atoms with E-state index in [2.05, 4.69) is 10.6 Å². The summed E-state index contributed by atoms with van der Waals surface area (Å²) in [6.07, 6.45) is 6.04. The molecular weight excluding hydrogens is 308 g/mol. The first-order chi connectivity index (χ1) is 11.2. The van der Waals surface area contributed by atoms with Crippen molar-refractivity contribution in [3.05, 3.63) is 30.3 Å². The summed E-state index contributed by atoms with van der Waals surface area (Å²) in [4.78, 5) is 25.3. The summed E-state index contributed by atoms with van der Waals surface area (Å²) in [5.41, 5.74) is 0. The average Bonchev–Trinajstić information content (AvgIpc) is 2.98. The van der Waals surface area contributed by atoms with Gasteiger partial charge in [-0.15, -0.1) is 11.8 Å². The SMILES string of the molecule is O=C(CSc1ccccc1)N[C@@H]1CC[C@H](C(=O)NC2CCC2)C1. The highest BCUT2D eigenvalue weighted by molar-refractivity contribution is 8.00. The number of hydrogen-bond donors (Lipinski definition) is 2. The number of benzene rings is 1. The van der Waals surface area contributed by atoms with Gasteiger partial charge < -0.3 is 10.6 Å². The Morgan fingerprint density at radius 1 is 1.00 bits per heavy atom. The van der Waals surface area contributed by atoms with E-state index >= 15 is 0 Å². The predicted octanol–water partition coefficient (Wildman–Crippen LogP) is 2.73. The second-order valence-electron chi connectivity index (χ2n) is 6.51. The maximum Gasteiger partial charge on any atom is 0.230 e. The monoisotopic (exact) mass is 332 g/mol. The summed E-state index contributed by atoms with van der Waals surface area (Å²) >= 11 is 1.55. The Labute approximate surface area is 141 Å². The van der Waals surface area contributed by atoms with Crippen molar-refractivity contribution in [3.63, 3.8) is 0 Å². The van der Waals surface area contributed by atoms with E-state index < -0.39 is 0 Å². The van der Waals surface area contributed by atoms with Crippen LogP contribution in [0, 0.1) is 5.92 Å². The molecule has 0 aromatic heterocycles. The van der Waals surface area contributed by atoms with Crippen LogP contribution < -0.4 is 10.6 Å². The van der Waals surface area contributed by atoms with Gasteiger partial charge in [-0.05, 0) is 50.7 Å². The Morgan fingerprint density at radius 3 is 2.48 bits per heavy atom. The number of amides is 2. The van der Waals surface area contributed by atoms with Gasteiger partial charge in [0.25, 0.3) is 0 Å². The van der Waals surface area contributed by atoms with E-state index in [0.29, 0.717) is 11.8 Å². The van der Waals surface area contributed by atoms with Crippen LogP contribution in [0.2, 0.25) is 0 Å². The van der Waals surface area contributed by atoms with Crippen molar-refractivity contribution in [1.29, 1.82) is 0 Å². The molecule has 3 rings (SSSR count). The molecule has 0 heterocycles. The minimum Gasteiger partial charge on any atom is -0.353 e.